The molecule has 6 heteroatoms. The Hall–Kier alpha value is -2.34. The van der Waals surface area contributed by atoms with Gasteiger partial charge in [-0.25, -0.2) is 9.97 Å². The van der Waals surface area contributed by atoms with Crippen molar-refractivity contribution in [2.45, 2.75) is 13.0 Å². The van der Waals surface area contributed by atoms with Crippen molar-refractivity contribution in [1.29, 1.82) is 0 Å². The van der Waals surface area contributed by atoms with Gasteiger partial charge in [0.05, 0.1) is 5.69 Å². The third-order valence-corrected chi connectivity index (χ3v) is 3.44. The standard InChI is InChI=1S/C14H14N4O2/c1-2-12-13(20-8-19-12)5-10(1)17-14-16-7-9-6-15-4-3-11(9)18-14/h1-2,5,7,15H,3-4,6,8H2,(H,16,17,18). The van der Waals surface area contributed by atoms with E-state index in [2.05, 4.69) is 20.6 Å². The quantitative estimate of drug-likeness (QED) is 0.864. The number of anilines is 2. The molecule has 2 aromatic rings. The minimum atomic E-state index is 0.279. The van der Waals surface area contributed by atoms with Crippen LogP contribution in [-0.4, -0.2) is 23.3 Å². The Kier molecular flexibility index (Phi) is 2.67. The first kappa shape index (κ1) is 11.5. The summed E-state index contributed by atoms with van der Waals surface area (Å²) in [5.74, 6) is 2.13. The molecule has 2 N–H and O–H groups in total. The molecule has 0 unspecified atom stereocenters. The Morgan fingerprint density at radius 2 is 2.15 bits per heavy atom. The van der Waals surface area contributed by atoms with Crippen molar-refractivity contribution in [2.75, 3.05) is 18.7 Å². The molecule has 2 aliphatic heterocycles. The highest BCUT2D eigenvalue weighted by Gasteiger charge is 2.15. The van der Waals surface area contributed by atoms with Gasteiger partial charge in [-0.2, -0.15) is 0 Å². The van der Waals surface area contributed by atoms with Gasteiger partial charge in [0, 0.05) is 43.0 Å². The molecule has 20 heavy (non-hydrogen) atoms. The highest BCUT2D eigenvalue weighted by atomic mass is 16.7. The van der Waals surface area contributed by atoms with Gasteiger partial charge in [-0.1, -0.05) is 0 Å². The number of benzene rings is 1. The van der Waals surface area contributed by atoms with Crippen LogP contribution in [0.5, 0.6) is 11.5 Å². The summed E-state index contributed by atoms with van der Waals surface area (Å²) in [5.41, 5.74) is 3.18. The number of hydrogen-bond donors (Lipinski definition) is 2. The lowest BCUT2D eigenvalue weighted by molar-refractivity contribution is 0.174. The molecule has 6 nitrogen and oxygen atoms in total. The molecule has 102 valence electrons. The smallest absolute Gasteiger partial charge is 0.231 e. The van der Waals surface area contributed by atoms with Gasteiger partial charge in [0.1, 0.15) is 0 Å². The predicted molar refractivity (Wildman–Crippen MR) is 73.3 cm³/mol. The van der Waals surface area contributed by atoms with Crippen LogP contribution in [0.4, 0.5) is 11.6 Å². The van der Waals surface area contributed by atoms with E-state index in [4.69, 9.17) is 9.47 Å². The van der Waals surface area contributed by atoms with Gasteiger partial charge in [0.15, 0.2) is 11.5 Å². The van der Waals surface area contributed by atoms with Crippen LogP contribution in [0, 0.1) is 0 Å². The zero-order chi connectivity index (χ0) is 13.4. The average Bonchev–Trinajstić information content (AvgIpc) is 2.95. The van der Waals surface area contributed by atoms with E-state index < -0.39 is 0 Å². The Labute approximate surface area is 116 Å². The van der Waals surface area contributed by atoms with Crippen molar-refractivity contribution < 1.29 is 9.47 Å². The number of nitrogens with zero attached hydrogens (tertiary/aromatic N) is 2. The summed E-state index contributed by atoms with van der Waals surface area (Å²) in [6.45, 7) is 2.09. The summed E-state index contributed by atoms with van der Waals surface area (Å²) in [4.78, 5) is 8.91. The fraction of sp³-hybridized carbons (Fsp3) is 0.286. The number of fused-ring (bicyclic) bond motifs is 2. The number of aromatic nitrogens is 2. The molecule has 1 aromatic heterocycles. The molecule has 0 spiro atoms. The van der Waals surface area contributed by atoms with Crippen molar-refractivity contribution in [2.24, 2.45) is 0 Å². The number of rotatable bonds is 2. The minimum absolute atomic E-state index is 0.279. The fourth-order valence-corrected chi connectivity index (χ4v) is 2.40. The van der Waals surface area contributed by atoms with Crippen molar-refractivity contribution in [3.05, 3.63) is 35.7 Å². The molecule has 3 heterocycles. The van der Waals surface area contributed by atoms with Gasteiger partial charge in [0.25, 0.3) is 0 Å². The van der Waals surface area contributed by atoms with Crippen LogP contribution in [0.15, 0.2) is 24.4 Å². The lowest BCUT2D eigenvalue weighted by atomic mass is 10.1. The largest absolute Gasteiger partial charge is 0.454 e. The average molecular weight is 270 g/mol. The minimum Gasteiger partial charge on any atom is -0.454 e. The zero-order valence-electron chi connectivity index (χ0n) is 10.8. The SMILES string of the molecule is c1cc2c(cc1Nc1ncc3c(n1)CCNC3)OCO2. The maximum atomic E-state index is 5.36. The highest BCUT2D eigenvalue weighted by molar-refractivity contribution is 5.60. The van der Waals surface area contributed by atoms with E-state index in [-0.39, 0.29) is 6.79 Å². The highest BCUT2D eigenvalue weighted by Crippen LogP contribution is 2.34. The van der Waals surface area contributed by atoms with E-state index in [1.54, 1.807) is 0 Å². The van der Waals surface area contributed by atoms with Crippen LogP contribution in [-0.2, 0) is 13.0 Å². The lowest BCUT2D eigenvalue weighted by Gasteiger charge is -2.16. The molecule has 4 rings (SSSR count). The summed E-state index contributed by atoms with van der Waals surface area (Å²) in [6.07, 6.45) is 2.82. The van der Waals surface area contributed by atoms with E-state index in [0.29, 0.717) is 5.95 Å². The van der Waals surface area contributed by atoms with E-state index in [1.165, 1.54) is 5.56 Å². The molecule has 0 fully saturated rings. The van der Waals surface area contributed by atoms with Crippen molar-refractivity contribution in [1.82, 2.24) is 15.3 Å². The number of ether oxygens (including phenoxy) is 2. The molecule has 0 amide bonds. The van der Waals surface area contributed by atoms with Gasteiger partial charge in [0.2, 0.25) is 12.7 Å². The monoisotopic (exact) mass is 270 g/mol. The van der Waals surface area contributed by atoms with Gasteiger partial charge in [-0.3, -0.25) is 0 Å². The van der Waals surface area contributed by atoms with Crippen LogP contribution in [0.2, 0.25) is 0 Å². The maximum Gasteiger partial charge on any atom is 0.231 e. The number of hydrogen-bond acceptors (Lipinski definition) is 6. The van der Waals surface area contributed by atoms with Crippen LogP contribution in [0.3, 0.4) is 0 Å². The summed E-state index contributed by atoms with van der Waals surface area (Å²) < 4.78 is 10.6. The Bertz CT molecular complexity index is 660. The molecule has 0 radical (unpaired) electrons. The molecule has 1 aromatic carbocycles. The van der Waals surface area contributed by atoms with E-state index in [0.717, 1.165) is 42.4 Å². The topological polar surface area (TPSA) is 68.3 Å². The molecular formula is C14H14N4O2. The Morgan fingerprint density at radius 1 is 1.20 bits per heavy atom. The fourth-order valence-electron chi connectivity index (χ4n) is 2.40. The van der Waals surface area contributed by atoms with Gasteiger partial charge < -0.3 is 20.1 Å². The van der Waals surface area contributed by atoms with Gasteiger partial charge in [-0.05, 0) is 12.1 Å². The van der Waals surface area contributed by atoms with Crippen molar-refractivity contribution >= 4 is 11.6 Å². The van der Waals surface area contributed by atoms with Gasteiger partial charge >= 0.3 is 0 Å². The zero-order valence-corrected chi connectivity index (χ0v) is 10.8. The van der Waals surface area contributed by atoms with Crippen LogP contribution in [0.1, 0.15) is 11.3 Å². The first-order valence-electron chi connectivity index (χ1n) is 6.61. The van der Waals surface area contributed by atoms with E-state index >= 15 is 0 Å². The molecule has 0 aliphatic carbocycles. The number of nitrogens with one attached hydrogen (secondary N) is 2. The van der Waals surface area contributed by atoms with E-state index in [1.807, 2.05) is 24.4 Å². The van der Waals surface area contributed by atoms with Crippen LogP contribution >= 0.6 is 0 Å². The Balaban J connectivity index is 1.59. The Morgan fingerprint density at radius 3 is 3.15 bits per heavy atom. The summed E-state index contributed by atoms with van der Waals surface area (Å²) in [6, 6.07) is 5.71. The van der Waals surface area contributed by atoms with Crippen molar-refractivity contribution in [3.8, 4) is 11.5 Å². The second-order valence-corrected chi connectivity index (χ2v) is 4.79. The van der Waals surface area contributed by atoms with Crippen molar-refractivity contribution in [3.63, 3.8) is 0 Å². The van der Waals surface area contributed by atoms with Crippen LogP contribution < -0.4 is 20.1 Å². The molecular weight excluding hydrogens is 256 g/mol. The molecule has 2 aliphatic rings. The third kappa shape index (κ3) is 2.04. The maximum absolute atomic E-state index is 5.36. The summed E-state index contributed by atoms with van der Waals surface area (Å²) >= 11 is 0. The second kappa shape index (κ2) is 4.64. The molecule has 0 atom stereocenters. The van der Waals surface area contributed by atoms with Crippen LogP contribution in [0.25, 0.3) is 0 Å². The lowest BCUT2D eigenvalue weighted by Crippen LogP contribution is -2.25. The summed E-state index contributed by atoms with van der Waals surface area (Å²) in [7, 11) is 0. The second-order valence-electron chi connectivity index (χ2n) is 4.79. The van der Waals surface area contributed by atoms with Gasteiger partial charge in [-0.15, -0.1) is 0 Å². The third-order valence-electron chi connectivity index (χ3n) is 3.44. The molecule has 0 saturated heterocycles. The normalized spacial score (nSPS) is 15.8. The first-order chi connectivity index (χ1) is 9.88. The molecule has 0 bridgehead atoms. The van der Waals surface area contributed by atoms with E-state index in [9.17, 15) is 0 Å². The first-order valence-corrected chi connectivity index (χ1v) is 6.61. The summed E-state index contributed by atoms with van der Waals surface area (Å²) in [5, 5.41) is 6.51. The molecule has 0 saturated carbocycles. The predicted octanol–water partition coefficient (Wildman–Crippen LogP) is 1.59.